The van der Waals surface area contributed by atoms with Gasteiger partial charge in [-0.2, -0.15) is 5.10 Å². The molecule has 3 heteroatoms. The molecule has 3 nitrogen and oxygen atoms in total. The molecule has 2 heterocycles. The van der Waals surface area contributed by atoms with Gasteiger partial charge in [0, 0.05) is 21.9 Å². The van der Waals surface area contributed by atoms with Gasteiger partial charge in [-0.1, -0.05) is 129 Å². The molecule has 0 amide bonds. The van der Waals surface area contributed by atoms with Gasteiger partial charge in [-0.25, -0.2) is 0 Å². The Hall–Kier alpha value is -4.76. The van der Waals surface area contributed by atoms with E-state index in [1.807, 2.05) is 12.3 Å². The summed E-state index contributed by atoms with van der Waals surface area (Å²) >= 11 is 0. The minimum absolute atomic E-state index is 0.174. The first-order valence-corrected chi connectivity index (χ1v) is 13.0. The average molecular weight is 490 g/mol. The fourth-order valence-electron chi connectivity index (χ4n) is 5.92. The van der Waals surface area contributed by atoms with E-state index in [2.05, 4.69) is 139 Å². The second-order valence-electron chi connectivity index (χ2n) is 10.3. The van der Waals surface area contributed by atoms with Crippen LogP contribution < -0.4 is 4.90 Å². The number of aromatic nitrogens is 2. The summed E-state index contributed by atoms with van der Waals surface area (Å²) in [6.45, 7) is 4.66. The molecule has 1 aliphatic heterocycles. The zero-order valence-corrected chi connectivity index (χ0v) is 21.5. The quantitative estimate of drug-likeness (QED) is 0.248. The standard InChI is InChI=1S/C35H27N3/c1-35(2)29-19-11-12-20-31(29)38(33-27-18-10-9-15-25(27)21-22-30(33)35)34-28(24-13-5-3-6-14-24)23-36-37-32(34)26-16-7-4-8-17-26/h3-23H,1-2H3. The zero-order chi connectivity index (χ0) is 25.7. The number of fused-ring (bicyclic) bond motifs is 4. The van der Waals surface area contributed by atoms with E-state index in [0.717, 1.165) is 28.1 Å². The Morgan fingerprint density at radius 3 is 2.03 bits per heavy atom. The van der Waals surface area contributed by atoms with Crippen molar-refractivity contribution in [3.05, 3.63) is 139 Å². The van der Waals surface area contributed by atoms with Gasteiger partial charge in [0.05, 0.1) is 23.3 Å². The Morgan fingerprint density at radius 2 is 1.24 bits per heavy atom. The number of rotatable bonds is 3. The van der Waals surface area contributed by atoms with Crippen LogP contribution in [-0.4, -0.2) is 10.2 Å². The van der Waals surface area contributed by atoms with Gasteiger partial charge in [-0.3, -0.25) is 0 Å². The van der Waals surface area contributed by atoms with E-state index in [1.165, 1.54) is 33.3 Å². The minimum Gasteiger partial charge on any atom is -0.306 e. The highest BCUT2D eigenvalue weighted by Gasteiger charge is 2.39. The van der Waals surface area contributed by atoms with Gasteiger partial charge in [0.15, 0.2) is 0 Å². The molecule has 6 aromatic rings. The van der Waals surface area contributed by atoms with Crippen molar-refractivity contribution in [2.24, 2.45) is 0 Å². The third-order valence-corrected chi connectivity index (χ3v) is 7.80. The Bertz CT molecular complexity index is 1730. The van der Waals surface area contributed by atoms with Crippen LogP contribution in [0.15, 0.2) is 128 Å². The van der Waals surface area contributed by atoms with E-state index in [-0.39, 0.29) is 5.41 Å². The molecule has 5 aromatic carbocycles. The molecule has 0 bridgehead atoms. The van der Waals surface area contributed by atoms with Gasteiger partial charge >= 0.3 is 0 Å². The molecular formula is C35H27N3. The summed E-state index contributed by atoms with van der Waals surface area (Å²) < 4.78 is 0. The molecular weight excluding hydrogens is 462 g/mol. The van der Waals surface area contributed by atoms with Crippen molar-refractivity contribution in [2.45, 2.75) is 19.3 Å². The van der Waals surface area contributed by atoms with E-state index in [4.69, 9.17) is 5.10 Å². The van der Waals surface area contributed by atoms with Crippen LogP contribution in [0.4, 0.5) is 17.1 Å². The summed E-state index contributed by atoms with van der Waals surface area (Å²) in [5, 5.41) is 11.7. The van der Waals surface area contributed by atoms with Gasteiger partial charge in [0.2, 0.25) is 0 Å². The second-order valence-corrected chi connectivity index (χ2v) is 10.3. The van der Waals surface area contributed by atoms with Crippen molar-refractivity contribution >= 4 is 27.8 Å². The Morgan fingerprint density at radius 1 is 0.579 bits per heavy atom. The average Bonchev–Trinajstić information content (AvgIpc) is 2.98. The second kappa shape index (κ2) is 8.67. The molecule has 0 saturated heterocycles. The molecule has 0 N–H and O–H groups in total. The Kier molecular flexibility index (Phi) is 5.12. The van der Waals surface area contributed by atoms with Crippen molar-refractivity contribution < 1.29 is 0 Å². The summed E-state index contributed by atoms with van der Waals surface area (Å²) in [6, 6.07) is 42.9. The first-order chi connectivity index (χ1) is 18.6. The van der Waals surface area contributed by atoms with Crippen molar-refractivity contribution in [3.8, 4) is 22.4 Å². The predicted octanol–water partition coefficient (Wildman–Crippen LogP) is 9.07. The van der Waals surface area contributed by atoms with E-state index < -0.39 is 0 Å². The molecule has 38 heavy (non-hydrogen) atoms. The third kappa shape index (κ3) is 3.36. The van der Waals surface area contributed by atoms with Crippen LogP contribution in [0, 0.1) is 0 Å². The first kappa shape index (κ1) is 22.4. The lowest BCUT2D eigenvalue weighted by molar-refractivity contribution is 0.633. The fourth-order valence-corrected chi connectivity index (χ4v) is 5.92. The number of para-hydroxylation sites is 1. The molecule has 0 atom stereocenters. The van der Waals surface area contributed by atoms with Crippen molar-refractivity contribution in [2.75, 3.05) is 4.90 Å². The molecule has 1 aliphatic rings. The van der Waals surface area contributed by atoms with Gasteiger partial charge in [-0.15, -0.1) is 5.10 Å². The van der Waals surface area contributed by atoms with Gasteiger partial charge in [0.25, 0.3) is 0 Å². The predicted molar refractivity (Wildman–Crippen MR) is 157 cm³/mol. The summed E-state index contributed by atoms with van der Waals surface area (Å²) in [5.41, 5.74) is 9.88. The molecule has 0 saturated carbocycles. The number of anilines is 3. The van der Waals surface area contributed by atoms with Crippen LogP contribution in [0.1, 0.15) is 25.0 Å². The van der Waals surface area contributed by atoms with E-state index in [1.54, 1.807) is 0 Å². The van der Waals surface area contributed by atoms with Crippen LogP contribution in [0.5, 0.6) is 0 Å². The lowest BCUT2D eigenvalue weighted by atomic mass is 9.72. The van der Waals surface area contributed by atoms with Gasteiger partial charge in [-0.05, 0) is 28.1 Å². The fraction of sp³-hybridized carbons (Fsp3) is 0.0857. The lowest BCUT2D eigenvalue weighted by Gasteiger charge is -2.43. The number of hydrogen-bond donors (Lipinski definition) is 0. The van der Waals surface area contributed by atoms with Gasteiger partial charge in [0.1, 0.15) is 5.69 Å². The maximum Gasteiger partial charge on any atom is 0.118 e. The lowest BCUT2D eigenvalue weighted by Crippen LogP contribution is -2.31. The minimum atomic E-state index is -0.174. The molecule has 182 valence electrons. The summed E-state index contributed by atoms with van der Waals surface area (Å²) in [7, 11) is 0. The smallest absolute Gasteiger partial charge is 0.118 e. The highest BCUT2D eigenvalue weighted by atomic mass is 15.2. The number of nitrogens with zero attached hydrogens (tertiary/aromatic N) is 3. The molecule has 1 aromatic heterocycles. The Labute approximate surface area is 223 Å². The van der Waals surface area contributed by atoms with Crippen LogP contribution >= 0.6 is 0 Å². The maximum atomic E-state index is 4.78. The monoisotopic (exact) mass is 489 g/mol. The van der Waals surface area contributed by atoms with E-state index in [9.17, 15) is 0 Å². The molecule has 7 rings (SSSR count). The largest absolute Gasteiger partial charge is 0.306 e. The molecule has 0 fully saturated rings. The molecule has 0 aliphatic carbocycles. The zero-order valence-electron chi connectivity index (χ0n) is 21.5. The van der Waals surface area contributed by atoms with Crippen LogP contribution in [0.2, 0.25) is 0 Å². The van der Waals surface area contributed by atoms with Crippen molar-refractivity contribution in [1.82, 2.24) is 10.2 Å². The highest BCUT2D eigenvalue weighted by Crippen LogP contribution is 2.56. The van der Waals surface area contributed by atoms with Crippen molar-refractivity contribution in [1.29, 1.82) is 0 Å². The van der Waals surface area contributed by atoms with Crippen molar-refractivity contribution in [3.63, 3.8) is 0 Å². The van der Waals surface area contributed by atoms with E-state index in [0.29, 0.717) is 0 Å². The molecule has 0 unspecified atom stereocenters. The van der Waals surface area contributed by atoms with Crippen LogP contribution in [0.25, 0.3) is 33.2 Å². The molecule has 0 spiro atoms. The summed E-state index contributed by atoms with van der Waals surface area (Å²) in [4.78, 5) is 2.44. The first-order valence-electron chi connectivity index (χ1n) is 13.0. The Balaban J connectivity index is 1.66. The third-order valence-electron chi connectivity index (χ3n) is 7.80. The van der Waals surface area contributed by atoms with Crippen LogP contribution in [0.3, 0.4) is 0 Å². The number of benzene rings is 5. The SMILES string of the molecule is CC1(C)c2ccccc2N(c2c(-c3ccccc3)cnnc2-c2ccccc2)c2c1ccc1ccccc21. The van der Waals surface area contributed by atoms with Crippen LogP contribution in [-0.2, 0) is 5.41 Å². The van der Waals surface area contributed by atoms with E-state index >= 15 is 0 Å². The summed E-state index contributed by atoms with van der Waals surface area (Å²) in [5.74, 6) is 0. The number of hydrogen-bond acceptors (Lipinski definition) is 3. The maximum absolute atomic E-state index is 4.78. The molecule has 0 radical (unpaired) electrons. The highest BCUT2D eigenvalue weighted by molar-refractivity contribution is 6.07. The van der Waals surface area contributed by atoms with Gasteiger partial charge < -0.3 is 4.90 Å². The summed E-state index contributed by atoms with van der Waals surface area (Å²) in [6.07, 6.45) is 1.91. The normalized spacial score (nSPS) is 13.7. The topological polar surface area (TPSA) is 29.0 Å².